The summed E-state index contributed by atoms with van der Waals surface area (Å²) in [5, 5.41) is 0. The molecule has 1 aromatic rings. The van der Waals surface area contributed by atoms with Crippen LogP contribution in [0.25, 0.3) is 0 Å². The Morgan fingerprint density at radius 3 is 2.53 bits per heavy atom. The lowest BCUT2D eigenvalue weighted by Crippen LogP contribution is -2.57. The third kappa shape index (κ3) is 1.74. The molecule has 1 saturated heterocycles. The first-order chi connectivity index (χ1) is 7.24. The molecular formula is C12H14FNO. The molecule has 0 aliphatic carbocycles. The van der Waals surface area contributed by atoms with E-state index in [1.807, 2.05) is 37.3 Å². The van der Waals surface area contributed by atoms with Crippen molar-refractivity contribution in [3.05, 3.63) is 35.9 Å². The molecule has 0 saturated carbocycles. The molecule has 15 heavy (non-hydrogen) atoms. The summed E-state index contributed by atoms with van der Waals surface area (Å²) in [6, 6.07) is 9.50. The van der Waals surface area contributed by atoms with Gasteiger partial charge in [0, 0.05) is 6.54 Å². The molecule has 1 fully saturated rings. The van der Waals surface area contributed by atoms with Crippen molar-refractivity contribution in [3.63, 3.8) is 0 Å². The summed E-state index contributed by atoms with van der Waals surface area (Å²) in [5.41, 5.74) is 0.975. The number of halogens is 1. The number of carbonyl (C=O) groups is 1. The highest BCUT2D eigenvalue weighted by atomic mass is 19.1. The zero-order chi connectivity index (χ0) is 10.8. The second kappa shape index (κ2) is 4.01. The topological polar surface area (TPSA) is 20.3 Å². The molecule has 80 valence electrons. The Hall–Kier alpha value is -1.38. The molecule has 1 heterocycles. The number of hydrogen-bond acceptors (Lipinski definition) is 1. The van der Waals surface area contributed by atoms with Crippen LogP contribution >= 0.6 is 0 Å². The quantitative estimate of drug-likeness (QED) is 0.550. The summed E-state index contributed by atoms with van der Waals surface area (Å²) in [4.78, 5) is 12.8. The predicted octanol–water partition coefficient (Wildman–Crippen LogP) is 2.35. The third-order valence-electron chi connectivity index (χ3n) is 2.87. The van der Waals surface area contributed by atoms with E-state index in [4.69, 9.17) is 0 Å². The number of rotatable bonds is 3. The second-order valence-electron chi connectivity index (χ2n) is 3.84. The summed E-state index contributed by atoms with van der Waals surface area (Å²) in [6.07, 6.45) is -0.506. The molecule has 0 radical (unpaired) electrons. The second-order valence-corrected chi connectivity index (χ2v) is 3.84. The Labute approximate surface area is 88.7 Å². The molecule has 0 spiro atoms. The molecule has 1 aliphatic rings. The van der Waals surface area contributed by atoms with E-state index in [9.17, 15) is 9.18 Å². The molecular weight excluding hydrogens is 193 g/mol. The molecule has 2 nitrogen and oxygen atoms in total. The average molecular weight is 207 g/mol. The van der Waals surface area contributed by atoms with Crippen molar-refractivity contribution in [2.24, 2.45) is 5.92 Å². The van der Waals surface area contributed by atoms with Gasteiger partial charge >= 0.3 is 0 Å². The van der Waals surface area contributed by atoms with E-state index in [-0.39, 0.29) is 5.91 Å². The van der Waals surface area contributed by atoms with Crippen LogP contribution in [0.2, 0.25) is 0 Å². The summed E-state index contributed by atoms with van der Waals surface area (Å²) in [7, 11) is 0. The standard InChI is InChI=1S/C12H14FNO/c1-2-10-11(13)14(12(10)15)8-9-6-4-3-5-7-9/h3-7,10-11H,2,8H2,1H3. The number of hydrogen-bond donors (Lipinski definition) is 0. The fraction of sp³-hybridized carbons (Fsp3) is 0.417. The van der Waals surface area contributed by atoms with Gasteiger partial charge in [0.25, 0.3) is 0 Å². The van der Waals surface area contributed by atoms with E-state index in [1.54, 1.807) is 0 Å². The fourth-order valence-corrected chi connectivity index (χ4v) is 1.90. The Morgan fingerprint density at radius 2 is 2.00 bits per heavy atom. The van der Waals surface area contributed by atoms with Crippen LogP contribution in [0.15, 0.2) is 30.3 Å². The lowest BCUT2D eigenvalue weighted by molar-refractivity contribution is -0.170. The Morgan fingerprint density at radius 1 is 1.33 bits per heavy atom. The summed E-state index contributed by atoms with van der Waals surface area (Å²) in [5.74, 6) is -0.470. The largest absolute Gasteiger partial charge is 0.307 e. The number of nitrogens with zero attached hydrogens (tertiary/aromatic N) is 1. The Bertz CT molecular complexity index is 352. The van der Waals surface area contributed by atoms with E-state index in [1.165, 1.54) is 4.90 Å². The molecule has 2 atom stereocenters. The van der Waals surface area contributed by atoms with Crippen molar-refractivity contribution < 1.29 is 9.18 Å². The van der Waals surface area contributed by atoms with Crippen LogP contribution < -0.4 is 0 Å². The highest BCUT2D eigenvalue weighted by Crippen LogP contribution is 2.31. The minimum atomic E-state index is -1.09. The highest BCUT2D eigenvalue weighted by Gasteiger charge is 2.46. The van der Waals surface area contributed by atoms with E-state index >= 15 is 0 Å². The van der Waals surface area contributed by atoms with Gasteiger partial charge in [-0.3, -0.25) is 4.79 Å². The zero-order valence-corrected chi connectivity index (χ0v) is 8.69. The van der Waals surface area contributed by atoms with E-state index in [0.29, 0.717) is 13.0 Å². The number of carbonyl (C=O) groups excluding carboxylic acids is 1. The van der Waals surface area contributed by atoms with Gasteiger partial charge in [-0.05, 0) is 12.0 Å². The number of likely N-dealkylation sites (tertiary alicyclic amines) is 1. The lowest BCUT2D eigenvalue weighted by atomic mass is 9.93. The maximum Gasteiger partial charge on any atom is 0.233 e. The van der Waals surface area contributed by atoms with Gasteiger partial charge in [0.05, 0.1) is 5.92 Å². The summed E-state index contributed by atoms with van der Waals surface area (Å²) < 4.78 is 13.5. The van der Waals surface area contributed by atoms with Crippen molar-refractivity contribution in [2.45, 2.75) is 26.2 Å². The molecule has 3 heteroatoms. The van der Waals surface area contributed by atoms with Crippen LogP contribution in [0.5, 0.6) is 0 Å². The molecule has 1 aromatic carbocycles. The lowest BCUT2D eigenvalue weighted by Gasteiger charge is -2.41. The molecule has 2 unspecified atom stereocenters. The Balaban J connectivity index is 2.01. The number of benzene rings is 1. The number of alkyl halides is 1. The molecule has 2 rings (SSSR count). The van der Waals surface area contributed by atoms with Crippen molar-refractivity contribution in [1.82, 2.24) is 4.90 Å². The molecule has 0 bridgehead atoms. The van der Waals surface area contributed by atoms with Gasteiger partial charge < -0.3 is 4.90 Å². The van der Waals surface area contributed by atoms with Gasteiger partial charge in [-0.25, -0.2) is 4.39 Å². The average Bonchev–Trinajstić information content (AvgIpc) is 2.28. The van der Waals surface area contributed by atoms with Crippen LogP contribution in [0.3, 0.4) is 0 Å². The molecule has 0 N–H and O–H groups in total. The molecule has 0 aromatic heterocycles. The molecule has 1 amide bonds. The van der Waals surface area contributed by atoms with Gasteiger partial charge in [0.2, 0.25) is 5.91 Å². The molecule has 1 aliphatic heterocycles. The number of β-lactam (4-membered cyclic amide) rings is 1. The van der Waals surface area contributed by atoms with E-state index in [2.05, 4.69) is 0 Å². The minimum Gasteiger partial charge on any atom is -0.307 e. The highest BCUT2D eigenvalue weighted by molar-refractivity contribution is 5.85. The van der Waals surface area contributed by atoms with Gasteiger partial charge in [0.15, 0.2) is 6.30 Å². The predicted molar refractivity (Wildman–Crippen MR) is 55.7 cm³/mol. The van der Waals surface area contributed by atoms with Crippen LogP contribution in [0.4, 0.5) is 4.39 Å². The number of amides is 1. The minimum absolute atomic E-state index is 0.0612. The first-order valence-corrected chi connectivity index (χ1v) is 5.22. The third-order valence-corrected chi connectivity index (χ3v) is 2.87. The summed E-state index contributed by atoms with van der Waals surface area (Å²) >= 11 is 0. The van der Waals surface area contributed by atoms with Crippen molar-refractivity contribution in [1.29, 1.82) is 0 Å². The van der Waals surface area contributed by atoms with Crippen LogP contribution in [0, 0.1) is 5.92 Å². The van der Waals surface area contributed by atoms with Gasteiger partial charge in [-0.15, -0.1) is 0 Å². The first kappa shape index (κ1) is 10.1. The van der Waals surface area contributed by atoms with Crippen molar-refractivity contribution in [3.8, 4) is 0 Å². The van der Waals surface area contributed by atoms with E-state index < -0.39 is 12.2 Å². The van der Waals surface area contributed by atoms with Crippen molar-refractivity contribution >= 4 is 5.91 Å². The van der Waals surface area contributed by atoms with Gasteiger partial charge in [-0.2, -0.15) is 0 Å². The zero-order valence-electron chi connectivity index (χ0n) is 8.69. The Kier molecular flexibility index (Phi) is 2.71. The maximum absolute atomic E-state index is 13.5. The van der Waals surface area contributed by atoms with Crippen LogP contribution in [-0.2, 0) is 11.3 Å². The van der Waals surface area contributed by atoms with Crippen molar-refractivity contribution in [2.75, 3.05) is 0 Å². The van der Waals surface area contributed by atoms with Crippen LogP contribution in [0.1, 0.15) is 18.9 Å². The monoisotopic (exact) mass is 207 g/mol. The maximum atomic E-state index is 13.5. The van der Waals surface area contributed by atoms with Gasteiger partial charge in [-0.1, -0.05) is 37.3 Å². The van der Waals surface area contributed by atoms with Crippen LogP contribution in [-0.4, -0.2) is 17.1 Å². The van der Waals surface area contributed by atoms with E-state index in [0.717, 1.165) is 5.56 Å². The SMILES string of the molecule is CCC1C(=O)N(Cc2ccccc2)C1F. The van der Waals surface area contributed by atoms with Gasteiger partial charge in [0.1, 0.15) is 0 Å². The normalized spacial score (nSPS) is 25.2. The smallest absolute Gasteiger partial charge is 0.233 e. The first-order valence-electron chi connectivity index (χ1n) is 5.22. The fourth-order valence-electron chi connectivity index (χ4n) is 1.90. The summed E-state index contributed by atoms with van der Waals surface area (Å²) in [6.45, 7) is 2.23.